The van der Waals surface area contributed by atoms with Gasteiger partial charge in [0.2, 0.25) is 16.0 Å². The second kappa shape index (κ2) is 10.8. The lowest BCUT2D eigenvalue weighted by Crippen LogP contribution is -2.43. The number of hydrogen-bond donors (Lipinski definition) is 3. The Labute approximate surface area is 245 Å². The SMILES string of the molecule is CC1=C(c2cc3cnc(Nc4ccc(C5CCCNC5)cc4)nc3n(C3Cc4ccccc4S(=O)(=O)N3)c2=O)CCC1. The van der Waals surface area contributed by atoms with Crippen molar-refractivity contribution in [1.82, 2.24) is 24.6 Å². The number of hydrogen-bond acceptors (Lipinski definition) is 7. The molecule has 3 N–H and O–H groups in total. The van der Waals surface area contributed by atoms with Crippen molar-refractivity contribution in [2.75, 3.05) is 18.4 Å². The zero-order chi connectivity index (χ0) is 28.8. The second-order valence-electron chi connectivity index (χ2n) is 11.6. The number of anilines is 2. The molecule has 4 heterocycles. The second-order valence-corrected chi connectivity index (χ2v) is 13.2. The van der Waals surface area contributed by atoms with Crippen molar-refractivity contribution in [3.05, 3.63) is 93.4 Å². The molecule has 10 heteroatoms. The van der Waals surface area contributed by atoms with Crippen LogP contribution in [0.15, 0.2) is 76.1 Å². The van der Waals surface area contributed by atoms with Gasteiger partial charge in [-0.3, -0.25) is 9.36 Å². The van der Waals surface area contributed by atoms with Gasteiger partial charge in [-0.1, -0.05) is 35.9 Å². The van der Waals surface area contributed by atoms with E-state index in [0.717, 1.165) is 43.6 Å². The Morgan fingerprint density at radius 2 is 1.88 bits per heavy atom. The van der Waals surface area contributed by atoms with Crippen molar-refractivity contribution in [3.63, 3.8) is 0 Å². The van der Waals surface area contributed by atoms with E-state index in [0.29, 0.717) is 40.4 Å². The van der Waals surface area contributed by atoms with Gasteiger partial charge < -0.3 is 10.6 Å². The fourth-order valence-electron chi connectivity index (χ4n) is 6.62. The average molecular weight is 583 g/mol. The molecule has 1 saturated heterocycles. The maximum atomic E-state index is 14.2. The van der Waals surface area contributed by atoms with Crippen molar-refractivity contribution >= 4 is 38.3 Å². The van der Waals surface area contributed by atoms with Crippen molar-refractivity contribution < 1.29 is 8.42 Å². The van der Waals surface area contributed by atoms with Crippen molar-refractivity contribution in [2.45, 2.75) is 62.4 Å². The largest absolute Gasteiger partial charge is 0.324 e. The molecule has 2 unspecified atom stereocenters. The van der Waals surface area contributed by atoms with E-state index in [1.165, 1.54) is 28.5 Å². The first-order valence-electron chi connectivity index (χ1n) is 14.7. The Bertz CT molecular complexity index is 1880. The van der Waals surface area contributed by atoms with Gasteiger partial charge in [-0.25, -0.2) is 13.4 Å². The van der Waals surface area contributed by atoms with Gasteiger partial charge in [0.25, 0.3) is 5.56 Å². The molecule has 0 saturated carbocycles. The first kappa shape index (κ1) is 27.0. The van der Waals surface area contributed by atoms with Crippen LogP contribution in [0.3, 0.4) is 0 Å². The number of benzene rings is 2. The van der Waals surface area contributed by atoms with Gasteiger partial charge in [0.05, 0.1) is 4.90 Å². The lowest BCUT2D eigenvalue weighted by atomic mass is 9.92. The maximum Gasteiger partial charge on any atom is 0.261 e. The summed E-state index contributed by atoms with van der Waals surface area (Å²) < 4.78 is 30.8. The summed E-state index contributed by atoms with van der Waals surface area (Å²) in [6.45, 7) is 4.13. The number of rotatable bonds is 5. The summed E-state index contributed by atoms with van der Waals surface area (Å²) in [5.74, 6) is 0.849. The van der Waals surface area contributed by atoms with Crippen LogP contribution >= 0.6 is 0 Å². The molecule has 0 spiro atoms. The third kappa shape index (κ3) is 4.93. The molecule has 2 aliphatic heterocycles. The molecule has 42 heavy (non-hydrogen) atoms. The van der Waals surface area contributed by atoms with Gasteiger partial charge in [0.1, 0.15) is 11.8 Å². The minimum absolute atomic E-state index is 0.244. The van der Waals surface area contributed by atoms with E-state index in [4.69, 9.17) is 4.98 Å². The topological polar surface area (TPSA) is 118 Å². The molecule has 0 bridgehead atoms. The Kier molecular flexibility index (Phi) is 6.92. The fraction of sp³-hybridized carbons (Fsp3) is 0.344. The van der Waals surface area contributed by atoms with Gasteiger partial charge in [-0.15, -0.1) is 0 Å². The van der Waals surface area contributed by atoms with Crippen LogP contribution in [0.1, 0.15) is 67.8 Å². The monoisotopic (exact) mass is 582 g/mol. The highest BCUT2D eigenvalue weighted by atomic mass is 32.2. The van der Waals surface area contributed by atoms with Crippen LogP contribution in [-0.2, 0) is 16.4 Å². The number of nitrogens with one attached hydrogen (secondary N) is 3. The highest BCUT2D eigenvalue weighted by Gasteiger charge is 2.33. The third-order valence-electron chi connectivity index (χ3n) is 8.81. The highest BCUT2D eigenvalue weighted by Crippen LogP contribution is 2.34. The molecule has 3 aliphatic rings. The van der Waals surface area contributed by atoms with E-state index in [1.807, 2.05) is 24.3 Å². The third-order valence-corrected chi connectivity index (χ3v) is 10.4. The normalized spacial score (nSPS) is 21.8. The van der Waals surface area contributed by atoms with Crippen molar-refractivity contribution in [2.24, 2.45) is 0 Å². The van der Waals surface area contributed by atoms with E-state index < -0.39 is 16.2 Å². The lowest BCUT2D eigenvalue weighted by Gasteiger charge is -2.28. The summed E-state index contributed by atoms with van der Waals surface area (Å²) in [7, 11) is -3.82. The molecule has 2 aromatic heterocycles. The van der Waals surface area contributed by atoms with Gasteiger partial charge in [-0.05, 0) is 92.5 Å². The van der Waals surface area contributed by atoms with Gasteiger partial charge in [0.15, 0.2) is 0 Å². The smallest absolute Gasteiger partial charge is 0.261 e. The van der Waals surface area contributed by atoms with Gasteiger partial charge in [0, 0.05) is 35.8 Å². The Hall–Kier alpha value is -3.86. The summed E-state index contributed by atoms with van der Waals surface area (Å²) in [4.78, 5) is 23.8. The molecular formula is C32H34N6O3S. The first-order chi connectivity index (χ1) is 20.4. The Balaban J connectivity index is 1.30. The maximum absolute atomic E-state index is 14.2. The molecule has 7 rings (SSSR count). The number of sulfonamides is 1. The van der Waals surface area contributed by atoms with E-state index in [1.54, 1.807) is 24.4 Å². The van der Waals surface area contributed by atoms with E-state index >= 15 is 0 Å². The standard InChI is InChI=1S/C32H34N6O3S/c1-20-6-4-9-26(20)27-16-24-19-34-32(35-25-13-11-21(12-14-25)23-8-5-15-33-18-23)36-30(24)38(31(27)39)29-17-22-7-2-3-10-28(22)42(40,41)37-29/h2-3,7,10-14,16,19,23,29,33,37H,4-6,8-9,15,17-18H2,1H3,(H,34,35,36). The zero-order valence-corrected chi connectivity index (χ0v) is 24.4. The van der Waals surface area contributed by atoms with E-state index in [2.05, 4.69) is 39.4 Å². The summed E-state index contributed by atoms with van der Waals surface area (Å²) in [6.07, 6.45) is 6.34. The number of fused-ring (bicyclic) bond motifs is 2. The lowest BCUT2D eigenvalue weighted by molar-refractivity contribution is 0.441. The number of pyridine rings is 1. The van der Waals surface area contributed by atoms with E-state index in [9.17, 15) is 13.2 Å². The van der Waals surface area contributed by atoms with Crippen molar-refractivity contribution in [3.8, 4) is 0 Å². The predicted molar refractivity (Wildman–Crippen MR) is 164 cm³/mol. The van der Waals surface area contributed by atoms with Crippen LogP contribution < -0.4 is 20.9 Å². The van der Waals surface area contributed by atoms with Crippen LogP contribution in [0.4, 0.5) is 11.6 Å². The molecule has 216 valence electrons. The molecule has 0 amide bonds. The Morgan fingerprint density at radius 1 is 1.05 bits per heavy atom. The van der Waals surface area contributed by atoms with Crippen LogP contribution in [-0.4, -0.2) is 36.0 Å². The molecule has 1 fully saturated rings. The van der Waals surface area contributed by atoms with E-state index in [-0.39, 0.29) is 10.5 Å². The average Bonchev–Trinajstić information content (AvgIpc) is 3.43. The summed E-state index contributed by atoms with van der Waals surface area (Å²) in [5, 5.41) is 7.43. The summed E-state index contributed by atoms with van der Waals surface area (Å²) in [6, 6.07) is 17.1. The zero-order valence-electron chi connectivity index (χ0n) is 23.6. The fourth-order valence-corrected chi connectivity index (χ4v) is 8.05. The minimum atomic E-state index is -3.82. The molecule has 4 aromatic rings. The van der Waals surface area contributed by atoms with Crippen LogP contribution in [0.5, 0.6) is 0 Å². The molecule has 0 radical (unpaired) electrons. The summed E-state index contributed by atoms with van der Waals surface area (Å²) in [5.41, 5.74) is 5.76. The molecule has 1 aliphatic carbocycles. The molecular weight excluding hydrogens is 548 g/mol. The number of aromatic nitrogens is 3. The molecule has 2 aromatic carbocycles. The van der Waals surface area contributed by atoms with Gasteiger partial charge >= 0.3 is 0 Å². The molecule has 9 nitrogen and oxygen atoms in total. The predicted octanol–water partition coefficient (Wildman–Crippen LogP) is 4.99. The quantitative estimate of drug-likeness (QED) is 0.303. The number of nitrogens with zero attached hydrogens (tertiary/aromatic N) is 3. The molecule has 2 atom stereocenters. The summed E-state index contributed by atoms with van der Waals surface area (Å²) >= 11 is 0. The number of allylic oxidation sites excluding steroid dienone is 2. The highest BCUT2D eigenvalue weighted by molar-refractivity contribution is 7.89. The minimum Gasteiger partial charge on any atom is -0.324 e. The Morgan fingerprint density at radius 3 is 2.64 bits per heavy atom. The van der Waals surface area contributed by atoms with Crippen LogP contribution in [0, 0.1) is 0 Å². The van der Waals surface area contributed by atoms with Crippen LogP contribution in [0.2, 0.25) is 0 Å². The number of piperidine rings is 1. The van der Waals surface area contributed by atoms with Gasteiger partial charge in [-0.2, -0.15) is 9.71 Å². The van der Waals surface area contributed by atoms with Crippen LogP contribution in [0.25, 0.3) is 16.6 Å². The first-order valence-corrected chi connectivity index (χ1v) is 16.1. The van der Waals surface area contributed by atoms with Crippen molar-refractivity contribution in [1.29, 1.82) is 0 Å².